The van der Waals surface area contributed by atoms with Crippen molar-refractivity contribution < 1.29 is 21.6 Å². The number of nitrogens with zero attached hydrogens (tertiary/aromatic N) is 4. The van der Waals surface area contributed by atoms with Crippen LogP contribution in [0, 0.1) is 0 Å². The van der Waals surface area contributed by atoms with E-state index in [4.69, 9.17) is 0 Å². The summed E-state index contributed by atoms with van der Waals surface area (Å²) in [6, 6.07) is 13.5. The number of halogens is 3. The Kier molecular flexibility index (Phi) is 6.36. The van der Waals surface area contributed by atoms with E-state index in [1.165, 1.54) is 4.31 Å². The van der Waals surface area contributed by atoms with Crippen molar-refractivity contribution in [3.05, 3.63) is 72.6 Å². The van der Waals surface area contributed by atoms with Crippen LogP contribution in [-0.4, -0.2) is 59.9 Å². The second-order valence-corrected chi connectivity index (χ2v) is 9.52. The molecule has 0 amide bonds. The molecule has 1 saturated heterocycles. The molecule has 170 valence electrons. The van der Waals surface area contributed by atoms with E-state index in [-0.39, 0.29) is 4.90 Å². The van der Waals surface area contributed by atoms with Crippen molar-refractivity contribution in [2.24, 2.45) is 0 Å². The second-order valence-electron chi connectivity index (χ2n) is 7.58. The van der Waals surface area contributed by atoms with Crippen molar-refractivity contribution in [2.75, 3.05) is 32.7 Å². The van der Waals surface area contributed by atoms with Crippen LogP contribution >= 0.6 is 0 Å². The van der Waals surface area contributed by atoms with Gasteiger partial charge in [0.1, 0.15) is 5.82 Å². The molecule has 0 saturated carbocycles. The highest BCUT2D eigenvalue weighted by Crippen LogP contribution is 2.30. The van der Waals surface area contributed by atoms with Gasteiger partial charge in [-0.25, -0.2) is 13.4 Å². The average molecular weight is 465 g/mol. The quantitative estimate of drug-likeness (QED) is 0.560. The van der Waals surface area contributed by atoms with E-state index in [9.17, 15) is 21.6 Å². The van der Waals surface area contributed by atoms with Crippen molar-refractivity contribution in [1.29, 1.82) is 0 Å². The van der Waals surface area contributed by atoms with E-state index in [1.54, 1.807) is 6.20 Å². The number of benzene rings is 2. The first kappa shape index (κ1) is 22.5. The molecule has 2 heterocycles. The summed E-state index contributed by atoms with van der Waals surface area (Å²) in [4.78, 5) is 6.49. The molecule has 4 rings (SSSR count). The van der Waals surface area contributed by atoms with E-state index in [1.807, 2.05) is 36.5 Å². The number of sulfonamides is 1. The van der Waals surface area contributed by atoms with Gasteiger partial charge in [0.15, 0.2) is 0 Å². The van der Waals surface area contributed by atoms with Gasteiger partial charge in [-0.3, -0.25) is 4.90 Å². The van der Waals surface area contributed by atoms with Gasteiger partial charge in [0.2, 0.25) is 10.0 Å². The lowest BCUT2D eigenvalue weighted by Crippen LogP contribution is -2.49. The Morgan fingerprint density at radius 1 is 0.875 bits per heavy atom. The molecule has 0 spiro atoms. The van der Waals surface area contributed by atoms with Crippen LogP contribution in [0.5, 0.6) is 0 Å². The van der Waals surface area contributed by atoms with Crippen LogP contribution in [-0.2, 0) is 22.7 Å². The summed E-state index contributed by atoms with van der Waals surface area (Å²) in [7, 11) is -3.82. The van der Waals surface area contributed by atoms with Crippen LogP contribution in [0.25, 0.3) is 11.4 Å². The Hall–Kier alpha value is -2.69. The fourth-order valence-corrected chi connectivity index (χ4v) is 5.17. The summed E-state index contributed by atoms with van der Waals surface area (Å²) in [5.74, 6) is 0.883. The van der Waals surface area contributed by atoms with Gasteiger partial charge in [-0.05, 0) is 24.3 Å². The van der Waals surface area contributed by atoms with Gasteiger partial charge in [-0.15, -0.1) is 0 Å². The molecule has 0 N–H and O–H groups in total. The highest BCUT2D eigenvalue weighted by atomic mass is 32.2. The molecule has 10 heteroatoms. The molecule has 0 aliphatic carbocycles. The molecule has 1 fully saturated rings. The first-order valence-electron chi connectivity index (χ1n) is 10.2. The predicted octanol–water partition coefficient (Wildman–Crippen LogP) is 3.58. The van der Waals surface area contributed by atoms with Crippen LogP contribution in [0.2, 0.25) is 0 Å². The maximum atomic E-state index is 12.8. The zero-order valence-electron chi connectivity index (χ0n) is 17.2. The van der Waals surface area contributed by atoms with Crippen molar-refractivity contribution in [2.45, 2.75) is 17.6 Å². The number of piperazine rings is 1. The average Bonchev–Trinajstić information content (AvgIpc) is 3.27. The molecule has 0 unspecified atom stereocenters. The molecular weight excluding hydrogens is 441 g/mol. The Labute approximate surface area is 185 Å². The van der Waals surface area contributed by atoms with E-state index in [0.717, 1.165) is 48.7 Å². The molecule has 1 aliphatic rings. The molecule has 0 atom stereocenters. The lowest BCUT2D eigenvalue weighted by atomic mass is 10.2. The molecule has 6 nitrogen and oxygen atoms in total. The Bertz CT molecular complexity index is 1140. The Balaban J connectivity index is 1.34. The fraction of sp³-hybridized carbons (Fsp3) is 0.318. The number of imidazole rings is 1. The van der Waals surface area contributed by atoms with Crippen LogP contribution in [0.3, 0.4) is 0 Å². The first-order valence-corrected chi connectivity index (χ1v) is 11.7. The van der Waals surface area contributed by atoms with Crippen LogP contribution in [0.15, 0.2) is 71.9 Å². The van der Waals surface area contributed by atoms with Crippen LogP contribution < -0.4 is 0 Å². The minimum Gasteiger partial charge on any atom is -0.330 e. The number of hydrogen-bond donors (Lipinski definition) is 0. The lowest BCUT2D eigenvalue weighted by Gasteiger charge is -2.34. The molecule has 1 aromatic heterocycles. The van der Waals surface area contributed by atoms with E-state index in [0.29, 0.717) is 26.2 Å². The maximum absolute atomic E-state index is 12.8. The summed E-state index contributed by atoms with van der Waals surface area (Å²) in [6.07, 6.45) is -0.811. The number of hydrogen-bond acceptors (Lipinski definition) is 4. The summed E-state index contributed by atoms with van der Waals surface area (Å²) in [6.45, 7) is 3.14. The second kappa shape index (κ2) is 9.05. The molecule has 0 radical (unpaired) electrons. The monoisotopic (exact) mass is 464 g/mol. The maximum Gasteiger partial charge on any atom is 0.416 e. The van der Waals surface area contributed by atoms with Gasteiger partial charge in [0, 0.05) is 57.2 Å². The molecule has 32 heavy (non-hydrogen) atoms. The molecule has 0 bridgehead atoms. The highest BCUT2D eigenvalue weighted by molar-refractivity contribution is 7.89. The Morgan fingerprint density at radius 2 is 1.53 bits per heavy atom. The predicted molar refractivity (Wildman–Crippen MR) is 114 cm³/mol. The van der Waals surface area contributed by atoms with Crippen molar-refractivity contribution in [3.63, 3.8) is 0 Å². The van der Waals surface area contributed by atoms with Gasteiger partial charge >= 0.3 is 6.18 Å². The van der Waals surface area contributed by atoms with Crippen molar-refractivity contribution in [3.8, 4) is 11.4 Å². The zero-order chi connectivity index (χ0) is 22.8. The van der Waals surface area contributed by atoms with Gasteiger partial charge in [-0.2, -0.15) is 17.5 Å². The van der Waals surface area contributed by atoms with Gasteiger partial charge in [0.25, 0.3) is 0 Å². The molecule has 3 aromatic rings. The SMILES string of the molecule is O=S(=O)(c1ccc(C(F)(F)F)cc1)N1CCN(CCn2ccnc2-c2ccccc2)CC1. The van der Waals surface area contributed by atoms with Gasteiger partial charge in [-0.1, -0.05) is 30.3 Å². The summed E-state index contributed by atoms with van der Waals surface area (Å²) < 4.78 is 67.2. The summed E-state index contributed by atoms with van der Waals surface area (Å²) >= 11 is 0. The third kappa shape index (κ3) is 4.87. The van der Waals surface area contributed by atoms with Crippen LogP contribution in [0.4, 0.5) is 13.2 Å². The highest BCUT2D eigenvalue weighted by Gasteiger charge is 2.32. The van der Waals surface area contributed by atoms with Crippen LogP contribution in [0.1, 0.15) is 5.56 Å². The molecular formula is C22H23F3N4O2S. The normalized spacial score (nSPS) is 16.3. The minimum atomic E-state index is -4.50. The number of alkyl halides is 3. The first-order chi connectivity index (χ1) is 15.2. The summed E-state index contributed by atoms with van der Waals surface area (Å²) in [5.41, 5.74) is 0.167. The van der Waals surface area contributed by atoms with Crippen molar-refractivity contribution >= 4 is 10.0 Å². The lowest BCUT2D eigenvalue weighted by molar-refractivity contribution is -0.137. The van der Waals surface area contributed by atoms with E-state index >= 15 is 0 Å². The molecule has 2 aromatic carbocycles. The molecule has 1 aliphatic heterocycles. The zero-order valence-corrected chi connectivity index (χ0v) is 18.1. The Morgan fingerprint density at radius 3 is 2.16 bits per heavy atom. The number of rotatable bonds is 6. The third-order valence-electron chi connectivity index (χ3n) is 5.56. The third-order valence-corrected chi connectivity index (χ3v) is 7.47. The smallest absolute Gasteiger partial charge is 0.330 e. The van der Waals surface area contributed by atoms with Gasteiger partial charge in [0.05, 0.1) is 10.5 Å². The minimum absolute atomic E-state index is 0.120. The van der Waals surface area contributed by atoms with Crippen molar-refractivity contribution in [1.82, 2.24) is 18.8 Å². The largest absolute Gasteiger partial charge is 0.416 e. The summed E-state index contributed by atoms with van der Waals surface area (Å²) in [5, 5.41) is 0. The van der Waals surface area contributed by atoms with E-state index in [2.05, 4.69) is 14.5 Å². The number of aromatic nitrogens is 2. The fourth-order valence-electron chi connectivity index (χ4n) is 3.74. The topological polar surface area (TPSA) is 58.4 Å². The van der Waals surface area contributed by atoms with Gasteiger partial charge < -0.3 is 4.57 Å². The van der Waals surface area contributed by atoms with E-state index < -0.39 is 21.8 Å². The standard InChI is InChI=1S/C22H23F3N4O2S/c23-22(24,25)19-6-8-20(9-7-19)32(30,31)29-16-13-27(14-17-29)12-15-28-11-10-26-21(28)18-4-2-1-3-5-18/h1-11H,12-17H2.